The second kappa shape index (κ2) is 19.6. The molecule has 16 heteroatoms. The van der Waals surface area contributed by atoms with Gasteiger partial charge in [0.15, 0.2) is 24.1 Å². The summed E-state index contributed by atoms with van der Waals surface area (Å²) in [7, 11) is 0.0409. The number of hydrogen-bond acceptors (Lipinski definition) is 12. The number of β-lactam (4-membered cyclic amide) rings is 1. The van der Waals surface area contributed by atoms with Gasteiger partial charge in [-0.15, -0.1) is 23.1 Å². The van der Waals surface area contributed by atoms with Crippen LogP contribution in [0, 0.1) is 0 Å². The minimum Gasteiger partial charge on any atom is -0.497 e. The lowest BCUT2D eigenvalue weighted by Crippen LogP contribution is -2.70. The highest BCUT2D eigenvalue weighted by atomic mass is 32.2. The van der Waals surface area contributed by atoms with E-state index in [2.05, 4.69) is 10.6 Å². The van der Waals surface area contributed by atoms with Gasteiger partial charge in [0.25, 0.3) is 11.8 Å². The number of nitrogens with zero attached hydrogens (tertiary/aromatic N) is 3. The number of thioether (sulfide) groups is 1. The summed E-state index contributed by atoms with van der Waals surface area (Å²) in [5.41, 5.74) is 3.54. The number of anilines is 1. The zero-order valence-electron chi connectivity index (χ0n) is 35.2. The molecule has 1 saturated heterocycles. The summed E-state index contributed by atoms with van der Waals surface area (Å²) < 4.78 is 37.2. The van der Waals surface area contributed by atoms with E-state index in [1.165, 1.54) is 42.2 Å². The summed E-state index contributed by atoms with van der Waals surface area (Å²) in [5.74, 6) is 0.272. The minimum atomic E-state index is -3.97. The summed E-state index contributed by atoms with van der Waals surface area (Å²) in [6.07, 6.45) is 3.75. The van der Waals surface area contributed by atoms with Gasteiger partial charge in [0.05, 0.1) is 18.4 Å². The van der Waals surface area contributed by atoms with Crippen LogP contribution in [0.25, 0.3) is 5.57 Å². The summed E-state index contributed by atoms with van der Waals surface area (Å²) in [6.45, 7) is 0.309. The summed E-state index contributed by atoms with van der Waals surface area (Å²) in [6, 6.07) is 41.7. The summed E-state index contributed by atoms with van der Waals surface area (Å²) in [5, 5.41) is 8.06. The smallest absolute Gasteiger partial charge is 0.355 e. The number of pyridine rings is 1. The number of esters is 1. The molecule has 2 aromatic heterocycles. The fraction of sp³-hybridized carbons (Fsp3) is 0.188. The molecule has 2 N–H and O–H groups in total. The van der Waals surface area contributed by atoms with Crippen molar-refractivity contribution in [2.75, 3.05) is 32.4 Å². The number of fused-ring (bicyclic) bond motifs is 1. The van der Waals surface area contributed by atoms with Crippen molar-refractivity contribution in [3.63, 3.8) is 0 Å². The van der Waals surface area contributed by atoms with Gasteiger partial charge in [-0.05, 0) is 34.4 Å². The molecule has 0 spiro atoms. The highest BCUT2D eigenvalue weighted by molar-refractivity contribution is 8.00. The van der Waals surface area contributed by atoms with Crippen molar-refractivity contribution in [2.24, 2.45) is 0 Å². The Morgan fingerprint density at radius 2 is 1.42 bits per heavy atom. The second-order valence-corrected chi connectivity index (χ2v) is 18.8. The summed E-state index contributed by atoms with van der Waals surface area (Å²) in [4.78, 5) is 49.0. The molecule has 13 nitrogen and oxygen atoms in total. The maximum absolute atomic E-state index is 14.5. The number of ether oxygens (including phenoxy) is 2. The number of hydrogen-bond donors (Lipinski definition) is 2. The third kappa shape index (κ3) is 9.17. The number of benzene rings is 4. The number of carbonyl (C=O) groups excluding carboxylic acids is 3. The van der Waals surface area contributed by atoms with Crippen molar-refractivity contribution >= 4 is 59.2 Å². The molecule has 1 fully saturated rings. The Hall–Kier alpha value is -6.35. The van der Waals surface area contributed by atoms with Crippen LogP contribution in [0.5, 0.6) is 5.75 Å². The first-order valence-corrected chi connectivity index (χ1v) is 23.8. The van der Waals surface area contributed by atoms with Gasteiger partial charge in [-0.1, -0.05) is 109 Å². The van der Waals surface area contributed by atoms with E-state index in [0.29, 0.717) is 28.8 Å². The Kier molecular flexibility index (Phi) is 13.5. The van der Waals surface area contributed by atoms with Crippen molar-refractivity contribution < 1.29 is 42.0 Å². The number of carbonyl (C=O) groups is 3. The highest BCUT2D eigenvalue weighted by Gasteiger charge is 2.55. The first-order chi connectivity index (χ1) is 31.2. The molecule has 2 aliphatic rings. The van der Waals surface area contributed by atoms with Crippen molar-refractivity contribution in [3.05, 3.63) is 196 Å². The number of methoxy groups -OCH3 is 1. The molecule has 0 saturated carbocycles. The van der Waals surface area contributed by atoms with Crippen LogP contribution in [-0.4, -0.2) is 66.2 Å². The molecule has 6 aromatic rings. The third-order valence-corrected chi connectivity index (χ3v) is 14.6. The van der Waals surface area contributed by atoms with Crippen LogP contribution in [0.4, 0.5) is 5.13 Å². The van der Waals surface area contributed by atoms with E-state index in [1.807, 2.05) is 126 Å². The average Bonchev–Trinajstić information content (AvgIpc) is 3.82. The van der Waals surface area contributed by atoms with Crippen LogP contribution < -0.4 is 19.9 Å². The van der Waals surface area contributed by atoms with Gasteiger partial charge >= 0.3 is 13.6 Å². The molecule has 0 unspecified atom stereocenters. The monoisotopic (exact) mass is 914 g/mol. The quantitative estimate of drug-likeness (QED) is 0.0231. The predicted molar refractivity (Wildman–Crippen MR) is 246 cm³/mol. The molecule has 64 heavy (non-hydrogen) atoms. The Morgan fingerprint density at radius 3 is 1.98 bits per heavy atom. The van der Waals surface area contributed by atoms with Crippen LogP contribution in [0.1, 0.15) is 27.9 Å². The number of thiazole rings is 1. The molecule has 0 aliphatic carbocycles. The molecule has 8 rings (SSSR count). The van der Waals surface area contributed by atoms with Crippen LogP contribution in [0.15, 0.2) is 168 Å². The fourth-order valence-electron chi connectivity index (χ4n) is 7.69. The Labute approximate surface area is 379 Å². The maximum atomic E-state index is 14.5. The van der Waals surface area contributed by atoms with E-state index < -0.39 is 42.3 Å². The van der Waals surface area contributed by atoms with Crippen LogP contribution in [-0.2, 0) is 51.4 Å². The van der Waals surface area contributed by atoms with E-state index in [9.17, 15) is 18.9 Å². The van der Waals surface area contributed by atoms with E-state index in [1.54, 1.807) is 36.8 Å². The van der Waals surface area contributed by atoms with Gasteiger partial charge in [0.1, 0.15) is 35.0 Å². The van der Waals surface area contributed by atoms with E-state index in [-0.39, 0.29) is 23.6 Å². The maximum Gasteiger partial charge on any atom is 0.355 e. The van der Waals surface area contributed by atoms with Crippen LogP contribution in [0.2, 0.25) is 0 Å². The normalized spacial score (nSPS) is 16.4. The van der Waals surface area contributed by atoms with E-state index in [4.69, 9.17) is 23.5 Å². The van der Waals surface area contributed by atoms with Crippen LogP contribution >= 0.6 is 30.7 Å². The molecule has 0 bridgehead atoms. The van der Waals surface area contributed by atoms with E-state index in [0.717, 1.165) is 28.1 Å². The third-order valence-electron chi connectivity index (χ3n) is 10.9. The number of nitrogens with one attached hydrogen (secondary N) is 2. The minimum absolute atomic E-state index is 0.0288. The lowest BCUT2D eigenvalue weighted by molar-refractivity contribution is -0.689. The molecule has 0 radical (unpaired) electrons. The van der Waals surface area contributed by atoms with Gasteiger partial charge in [0.2, 0.25) is 0 Å². The largest absolute Gasteiger partial charge is 0.497 e. The first kappa shape index (κ1) is 44.3. The Bertz CT molecular complexity index is 2620. The number of aromatic nitrogens is 2. The predicted octanol–water partition coefficient (Wildman–Crippen LogP) is 7.77. The molecular weight excluding hydrogens is 870 g/mol. The van der Waals surface area contributed by atoms with Gasteiger partial charge in [0, 0.05) is 48.9 Å². The lowest BCUT2D eigenvalue weighted by atomic mass is 9.77. The van der Waals surface area contributed by atoms with E-state index >= 15 is 0 Å². The molecule has 326 valence electrons. The Morgan fingerprint density at radius 1 is 0.844 bits per heavy atom. The van der Waals surface area contributed by atoms with Crippen molar-refractivity contribution in [1.82, 2.24) is 15.2 Å². The van der Waals surface area contributed by atoms with Gasteiger partial charge in [-0.3, -0.25) is 19.1 Å². The van der Waals surface area contributed by atoms with Gasteiger partial charge in [-0.2, -0.15) is 0 Å². The number of amides is 2. The van der Waals surface area contributed by atoms with Gasteiger partial charge in [-0.25, -0.2) is 14.3 Å². The molecule has 2 amide bonds. The molecule has 2 aliphatic heterocycles. The average molecular weight is 915 g/mol. The van der Waals surface area contributed by atoms with Crippen molar-refractivity contribution in [3.8, 4) is 5.75 Å². The molecular formula is C48H45N5O8PS2+. The summed E-state index contributed by atoms with van der Waals surface area (Å²) >= 11 is 2.67. The molecule has 2 atom stereocenters. The molecule has 4 heterocycles. The zero-order chi connectivity index (χ0) is 44.7. The fourth-order valence-corrected chi connectivity index (χ4v) is 10.7. The molecule has 4 aromatic carbocycles. The second-order valence-electron chi connectivity index (χ2n) is 14.7. The van der Waals surface area contributed by atoms with Crippen molar-refractivity contribution in [1.29, 1.82) is 0 Å². The van der Waals surface area contributed by atoms with Gasteiger partial charge < -0.3 is 29.2 Å². The topological polar surface area (TPSA) is 149 Å². The Balaban J connectivity index is 1.09. The lowest BCUT2D eigenvalue weighted by Gasteiger charge is -2.49. The standard InChI is InChI=1S/C48H44N5O8PS2/c1-58-38-24-22-33(23-25-38)29-61-46(56)42-34(28-52-26-14-7-15-27-52)31-63-45-41(44(55)53(42)45)50-43(54)39(30-62(57,59-2)60-3)40-32-64-47(49-40)51-48(35-16-8-4-9-17-35,36-18-10-5-11-19-36)37-20-12-6-13-21-37/h4-27,30,32,41,45H,28-29,31H2,1-3H3,(H-,49,50,51,54)/p+1/b39-30-/t41-,45-/m1/s1. The first-order valence-electron chi connectivity index (χ1n) is 20.2. The highest BCUT2D eigenvalue weighted by Crippen LogP contribution is 2.51. The number of rotatable bonds is 17. The van der Waals surface area contributed by atoms with Crippen LogP contribution in [0.3, 0.4) is 0 Å². The zero-order valence-corrected chi connectivity index (χ0v) is 37.7. The SMILES string of the molecule is COc1ccc(COC(=O)C2=C(C[n+]3ccccc3)CS[C@@H]3[C@H](NC(=O)/C(=C\P(=O)(OC)OC)c4csc(NC(c5ccccc5)(c5ccccc5)c5ccccc5)n4)C(=O)N23)cc1. The van der Waals surface area contributed by atoms with Crippen molar-refractivity contribution in [2.45, 2.75) is 30.1 Å².